The third kappa shape index (κ3) is 2.65. The molecule has 0 spiro atoms. The van der Waals surface area contributed by atoms with E-state index in [1.54, 1.807) is 15.5 Å². The van der Waals surface area contributed by atoms with Gasteiger partial charge in [-0.25, -0.2) is 9.97 Å². The molecule has 0 aliphatic carbocycles. The van der Waals surface area contributed by atoms with Crippen molar-refractivity contribution in [3.8, 4) is 0 Å². The van der Waals surface area contributed by atoms with Crippen molar-refractivity contribution in [3.05, 3.63) is 29.8 Å². The predicted molar refractivity (Wildman–Crippen MR) is 72.2 cm³/mol. The highest BCUT2D eigenvalue weighted by molar-refractivity contribution is 5.73. The maximum atomic E-state index is 13.0. The molecule has 0 N–H and O–H groups in total. The van der Waals surface area contributed by atoms with Crippen LogP contribution in [-0.4, -0.2) is 38.3 Å². The van der Waals surface area contributed by atoms with Crippen molar-refractivity contribution in [3.63, 3.8) is 0 Å². The van der Waals surface area contributed by atoms with Crippen molar-refractivity contribution in [2.24, 2.45) is 0 Å². The van der Waals surface area contributed by atoms with Crippen LogP contribution < -0.4 is 0 Å². The van der Waals surface area contributed by atoms with Gasteiger partial charge in [0.1, 0.15) is 5.69 Å². The molecule has 1 unspecified atom stereocenters. The lowest BCUT2D eigenvalue weighted by atomic mass is 9.94. The maximum absolute atomic E-state index is 13.0. The minimum Gasteiger partial charge on any atom is -0.342 e. The fourth-order valence-corrected chi connectivity index (χ4v) is 2.89. The summed E-state index contributed by atoms with van der Waals surface area (Å²) in [6, 6.07) is 1.07. The van der Waals surface area contributed by atoms with E-state index in [0.717, 1.165) is 18.9 Å². The van der Waals surface area contributed by atoms with E-state index in [0.29, 0.717) is 18.8 Å². The van der Waals surface area contributed by atoms with Gasteiger partial charge in [0.2, 0.25) is 11.7 Å². The van der Waals surface area contributed by atoms with Crippen LogP contribution in [0.5, 0.6) is 0 Å². The van der Waals surface area contributed by atoms with Crippen molar-refractivity contribution >= 4 is 11.7 Å². The normalized spacial score (nSPS) is 19.6. The van der Waals surface area contributed by atoms with Crippen molar-refractivity contribution in [1.82, 2.24) is 19.3 Å². The number of carbonyl (C=O) groups is 1. The Balaban J connectivity index is 2.05. The fraction of sp³-hybridized carbons (Fsp3) is 0.500. The largest absolute Gasteiger partial charge is 0.433 e. The molecule has 3 heterocycles. The van der Waals surface area contributed by atoms with Crippen LogP contribution in [0.25, 0.3) is 5.78 Å². The molecule has 2 aromatic heterocycles. The number of rotatable bonds is 1. The molecular formula is C14H15F3N4O. The lowest BCUT2D eigenvalue weighted by Gasteiger charge is -2.32. The van der Waals surface area contributed by atoms with Crippen LogP contribution in [0, 0.1) is 0 Å². The molecule has 1 atom stereocenters. The lowest BCUT2D eigenvalue weighted by Crippen LogP contribution is -2.38. The number of nitrogens with zero attached hydrogens (tertiary/aromatic N) is 4. The first-order valence-electron chi connectivity index (χ1n) is 7.03. The van der Waals surface area contributed by atoms with Crippen LogP contribution in [0.4, 0.5) is 13.2 Å². The molecule has 0 bridgehead atoms. The smallest absolute Gasteiger partial charge is 0.342 e. The van der Waals surface area contributed by atoms with E-state index >= 15 is 0 Å². The van der Waals surface area contributed by atoms with E-state index in [1.165, 1.54) is 13.1 Å². The molecule has 1 saturated heterocycles. The van der Waals surface area contributed by atoms with Crippen molar-refractivity contribution in [1.29, 1.82) is 0 Å². The topological polar surface area (TPSA) is 50.5 Å². The molecule has 0 saturated carbocycles. The molecular weight excluding hydrogens is 297 g/mol. The second-order valence-corrected chi connectivity index (χ2v) is 5.47. The van der Waals surface area contributed by atoms with Gasteiger partial charge in [-0.15, -0.1) is 0 Å². The van der Waals surface area contributed by atoms with Crippen molar-refractivity contribution in [2.75, 3.05) is 13.1 Å². The summed E-state index contributed by atoms with van der Waals surface area (Å²) in [4.78, 5) is 20.6. The number of fused-ring (bicyclic) bond motifs is 1. The monoisotopic (exact) mass is 312 g/mol. The molecule has 3 rings (SSSR count). The van der Waals surface area contributed by atoms with Crippen molar-refractivity contribution < 1.29 is 18.0 Å². The van der Waals surface area contributed by atoms with Crippen LogP contribution in [0.15, 0.2) is 18.5 Å². The van der Waals surface area contributed by atoms with E-state index in [4.69, 9.17) is 0 Å². The number of amides is 1. The highest BCUT2D eigenvalue weighted by atomic mass is 19.4. The number of imidazole rings is 1. The summed E-state index contributed by atoms with van der Waals surface area (Å²) in [5, 5.41) is 0. The molecule has 1 fully saturated rings. The molecule has 0 radical (unpaired) electrons. The Morgan fingerprint density at radius 3 is 2.86 bits per heavy atom. The first kappa shape index (κ1) is 14.8. The Labute approximate surface area is 124 Å². The van der Waals surface area contributed by atoms with Gasteiger partial charge in [0.05, 0.1) is 0 Å². The number of halogens is 3. The SMILES string of the molecule is CC(=O)N1CCCC(c2cc(C(F)(F)F)nc3nccn23)C1. The highest BCUT2D eigenvalue weighted by Gasteiger charge is 2.35. The molecule has 8 heteroatoms. The zero-order valence-electron chi connectivity index (χ0n) is 12.0. The molecule has 22 heavy (non-hydrogen) atoms. The maximum Gasteiger partial charge on any atom is 0.433 e. The first-order valence-corrected chi connectivity index (χ1v) is 7.03. The average molecular weight is 312 g/mol. The number of aromatic nitrogens is 3. The van der Waals surface area contributed by atoms with Gasteiger partial charge >= 0.3 is 6.18 Å². The zero-order valence-corrected chi connectivity index (χ0v) is 12.0. The summed E-state index contributed by atoms with van der Waals surface area (Å²) >= 11 is 0. The zero-order chi connectivity index (χ0) is 15.9. The summed E-state index contributed by atoms with van der Waals surface area (Å²) in [5.74, 6) is -0.181. The number of likely N-dealkylation sites (tertiary alicyclic amines) is 1. The molecule has 2 aromatic rings. The number of hydrogen-bond donors (Lipinski definition) is 0. The molecule has 0 aromatic carbocycles. The van der Waals surface area contributed by atoms with Gasteiger partial charge in [0.25, 0.3) is 0 Å². The van der Waals surface area contributed by atoms with E-state index in [9.17, 15) is 18.0 Å². The van der Waals surface area contributed by atoms with Crippen molar-refractivity contribution in [2.45, 2.75) is 31.9 Å². The average Bonchev–Trinajstić information content (AvgIpc) is 2.93. The standard InChI is InChI=1S/C14H15F3N4O/c1-9(22)20-5-2-3-10(8-20)11-7-12(14(15,16)17)19-13-18-4-6-21(11)13/h4,6-7,10H,2-3,5,8H2,1H3. The summed E-state index contributed by atoms with van der Waals surface area (Å²) in [6.45, 7) is 2.54. The Hall–Kier alpha value is -2.12. The molecule has 118 valence electrons. The van der Waals surface area contributed by atoms with Gasteiger partial charge in [-0.05, 0) is 18.9 Å². The second-order valence-electron chi connectivity index (χ2n) is 5.47. The quantitative estimate of drug-likeness (QED) is 0.813. The molecule has 5 nitrogen and oxygen atoms in total. The lowest BCUT2D eigenvalue weighted by molar-refractivity contribution is -0.141. The number of piperidine rings is 1. The van der Waals surface area contributed by atoms with E-state index in [2.05, 4.69) is 9.97 Å². The van der Waals surface area contributed by atoms with Gasteiger partial charge < -0.3 is 4.90 Å². The second kappa shape index (κ2) is 5.26. The number of hydrogen-bond acceptors (Lipinski definition) is 3. The summed E-state index contributed by atoms with van der Waals surface area (Å²) in [6.07, 6.45) is 0.0158. The fourth-order valence-electron chi connectivity index (χ4n) is 2.89. The minimum absolute atomic E-state index is 0.0322. The van der Waals surface area contributed by atoms with Crippen LogP contribution >= 0.6 is 0 Å². The van der Waals surface area contributed by atoms with Gasteiger partial charge in [-0.2, -0.15) is 13.2 Å². The van der Waals surface area contributed by atoms with E-state index in [-0.39, 0.29) is 17.6 Å². The van der Waals surface area contributed by atoms with Crippen LogP contribution in [0.1, 0.15) is 37.1 Å². The number of alkyl halides is 3. The van der Waals surface area contributed by atoms with E-state index in [1.807, 2.05) is 0 Å². The highest BCUT2D eigenvalue weighted by Crippen LogP contribution is 2.33. The van der Waals surface area contributed by atoms with Crippen LogP contribution in [0.3, 0.4) is 0 Å². The van der Waals surface area contributed by atoms with Gasteiger partial charge in [0, 0.05) is 44.0 Å². The molecule has 1 aliphatic heterocycles. The van der Waals surface area contributed by atoms with E-state index < -0.39 is 11.9 Å². The number of carbonyl (C=O) groups excluding carboxylic acids is 1. The van der Waals surface area contributed by atoms with Crippen LogP contribution in [0.2, 0.25) is 0 Å². The van der Waals surface area contributed by atoms with Crippen LogP contribution in [-0.2, 0) is 11.0 Å². The summed E-state index contributed by atoms with van der Waals surface area (Å²) < 4.78 is 40.6. The summed E-state index contributed by atoms with van der Waals surface area (Å²) in [5.41, 5.74) is -0.443. The van der Waals surface area contributed by atoms with Gasteiger partial charge in [-0.1, -0.05) is 0 Å². The van der Waals surface area contributed by atoms with Gasteiger partial charge in [-0.3, -0.25) is 9.20 Å². The third-order valence-corrected chi connectivity index (χ3v) is 3.98. The molecule has 1 amide bonds. The Kier molecular flexibility index (Phi) is 3.54. The Morgan fingerprint density at radius 2 is 2.18 bits per heavy atom. The minimum atomic E-state index is -4.52. The van der Waals surface area contributed by atoms with Gasteiger partial charge in [0.15, 0.2) is 0 Å². The molecule has 1 aliphatic rings. The Bertz CT molecular complexity index is 710. The third-order valence-electron chi connectivity index (χ3n) is 3.98. The Morgan fingerprint density at radius 1 is 1.41 bits per heavy atom. The predicted octanol–water partition coefficient (Wildman–Crippen LogP) is 2.47. The first-order chi connectivity index (χ1) is 10.4. The summed E-state index contributed by atoms with van der Waals surface area (Å²) in [7, 11) is 0.